The van der Waals surface area contributed by atoms with E-state index in [1.54, 1.807) is 0 Å². The van der Waals surface area contributed by atoms with Gasteiger partial charge in [-0.2, -0.15) is 0 Å². The third-order valence-corrected chi connectivity index (χ3v) is 6.03. The first-order chi connectivity index (χ1) is 14.6. The van der Waals surface area contributed by atoms with Crippen LogP contribution in [0, 0.1) is 5.92 Å². The number of carbonyl (C=O) groups is 2. The summed E-state index contributed by atoms with van der Waals surface area (Å²) < 4.78 is 10.9. The molecule has 0 amide bonds. The van der Waals surface area contributed by atoms with Crippen molar-refractivity contribution in [3.63, 3.8) is 0 Å². The van der Waals surface area contributed by atoms with Gasteiger partial charge in [-0.3, -0.25) is 14.5 Å². The lowest BCUT2D eigenvalue weighted by molar-refractivity contribution is -0.152. The fraction of sp³-hybridized carbons (Fsp3) is 0.417. The number of nitrogens with zero attached hydrogens (tertiary/aromatic N) is 1. The van der Waals surface area contributed by atoms with E-state index in [-0.39, 0.29) is 18.9 Å². The van der Waals surface area contributed by atoms with Gasteiger partial charge in [0.15, 0.2) is 0 Å². The second-order valence-corrected chi connectivity index (χ2v) is 7.89. The topological polar surface area (TPSA) is 76.1 Å². The molecule has 1 heterocycles. The van der Waals surface area contributed by atoms with E-state index in [0.717, 1.165) is 24.2 Å². The predicted molar refractivity (Wildman–Crippen MR) is 112 cm³/mol. The van der Waals surface area contributed by atoms with Gasteiger partial charge in [-0.15, -0.1) is 0 Å². The van der Waals surface area contributed by atoms with Gasteiger partial charge < -0.3 is 14.6 Å². The van der Waals surface area contributed by atoms with Crippen molar-refractivity contribution in [3.05, 3.63) is 59.7 Å². The molecule has 2 aromatic rings. The van der Waals surface area contributed by atoms with Crippen LogP contribution in [0.25, 0.3) is 11.1 Å². The Bertz CT molecular complexity index is 860. The van der Waals surface area contributed by atoms with E-state index in [4.69, 9.17) is 9.47 Å². The van der Waals surface area contributed by atoms with Crippen molar-refractivity contribution in [3.8, 4) is 11.1 Å². The highest BCUT2D eigenvalue weighted by molar-refractivity contribution is 5.80. The second kappa shape index (κ2) is 9.41. The molecule has 1 saturated heterocycles. The maximum absolute atomic E-state index is 12.5. The maximum atomic E-state index is 12.5. The molecule has 1 N–H and O–H groups in total. The molecule has 1 aliphatic heterocycles. The number of ether oxygens (including phenoxy) is 2. The zero-order chi connectivity index (χ0) is 20.9. The molecule has 6 heteroatoms. The van der Waals surface area contributed by atoms with Crippen molar-refractivity contribution in [2.45, 2.75) is 18.8 Å². The molecule has 4 rings (SSSR count). The number of carbonyl (C=O) groups excluding carboxylic acids is 1. The van der Waals surface area contributed by atoms with Crippen LogP contribution in [0.1, 0.15) is 29.9 Å². The molecule has 2 aliphatic rings. The first-order valence-electron chi connectivity index (χ1n) is 10.5. The Morgan fingerprint density at radius 2 is 1.63 bits per heavy atom. The zero-order valence-corrected chi connectivity index (χ0v) is 17.0. The molecule has 1 aliphatic carbocycles. The summed E-state index contributed by atoms with van der Waals surface area (Å²) >= 11 is 0. The molecule has 1 fully saturated rings. The Kier molecular flexibility index (Phi) is 6.45. The number of fused-ring (bicyclic) bond motifs is 3. The van der Waals surface area contributed by atoms with E-state index >= 15 is 0 Å². The van der Waals surface area contributed by atoms with Crippen molar-refractivity contribution in [2.75, 3.05) is 39.5 Å². The van der Waals surface area contributed by atoms with Crippen molar-refractivity contribution in [2.24, 2.45) is 5.92 Å². The van der Waals surface area contributed by atoms with Crippen LogP contribution in [0.3, 0.4) is 0 Å². The van der Waals surface area contributed by atoms with Crippen LogP contribution in [-0.2, 0) is 19.1 Å². The summed E-state index contributed by atoms with van der Waals surface area (Å²) in [4.78, 5) is 26.3. The minimum atomic E-state index is -0.947. The van der Waals surface area contributed by atoms with E-state index in [0.29, 0.717) is 26.2 Å². The zero-order valence-electron chi connectivity index (χ0n) is 17.0. The van der Waals surface area contributed by atoms with Crippen molar-refractivity contribution in [1.29, 1.82) is 0 Å². The number of esters is 1. The molecule has 6 nitrogen and oxygen atoms in total. The number of hydrogen-bond acceptors (Lipinski definition) is 5. The lowest BCUT2D eigenvalue weighted by Gasteiger charge is -2.27. The summed E-state index contributed by atoms with van der Waals surface area (Å²) in [5, 5.41) is 9.54. The van der Waals surface area contributed by atoms with Crippen molar-refractivity contribution in [1.82, 2.24) is 4.90 Å². The van der Waals surface area contributed by atoms with Crippen LogP contribution in [0.4, 0.5) is 0 Å². The molecule has 0 saturated carbocycles. The molecule has 0 bridgehead atoms. The smallest absolute Gasteiger partial charge is 0.307 e. The summed E-state index contributed by atoms with van der Waals surface area (Å²) in [5.41, 5.74) is 4.63. The van der Waals surface area contributed by atoms with Gasteiger partial charge in [0.2, 0.25) is 0 Å². The van der Waals surface area contributed by atoms with Gasteiger partial charge in [0.1, 0.15) is 6.61 Å². The van der Waals surface area contributed by atoms with Gasteiger partial charge in [-0.1, -0.05) is 48.5 Å². The summed E-state index contributed by atoms with van der Waals surface area (Å²) in [6.45, 7) is 3.82. The molecule has 0 radical (unpaired) electrons. The van der Waals surface area contributed by atoms with Crippen molar-refractivity contribution >= 4 is 11.9 Å². The summed E-state index contributed by atoms with van der Waals surface area (Å²) in [5.74, 6) is -2.15. The van der Waals surface area contributed by atoms with E-state index < -0.39 is 17.9 Å². The van der Waals surface area contributed by atoms with Crippen LogP contribution < -0.4 is 0 Å². The molecule has 30 heavy (non-hydrogen) atoms. The Balaban J connectivity index is 1.35. The number of hydrogen-bond donors (Lipinski definition) is 1. The Labute approximate surface area is 176 Å². The van der Waals surface area contributed by atoms with Crippen LogP contribution in [0.15, 0.2) is 48.5 Å². The molecule has 2 aromatic carbocycles. The number of aliphatic carboxylic acids is 1. The first kappa shape index (κ1) is 20.6. The fourth-order valence-corrected chi connectivity index (χ4v) is 4.35. The number of carboxylic acids is 1. The maximum Gasteiger partial charge on any atom is 0.307 e. The number of benzene rings is 2. The second-order valence-electron chi connectivity index (χ2n) is 7.89. The highest BCUT2D eigenvalue weighted by Crippen LogP contribution is 2.44. The standard InChI is InChI=1S/C24H27NO5/c26-23(15-17(24(27)28)9-10-25-11-13-29-14-12-25)30-16-22-20-7-3-1-5-18(20)19-6-2-4-8-21(19)22/h1-8,17,22H,9-16H2,(H,27,28)/t17-/m1/s1. The number of carboxylic acid groups (broad SMARTS) is 1. The lowest BCUT2D eigenvalue weighted by atomic mass is 9.98. The summed E-state index contributed by atoms with van der Waals surface area (Å²) in [6, 6.07) is 16.3. The Hall–Kier alpha value is -2.70. The first-order valence-corrected chi connectivity index (χ1v) is 10.5. The van der Waals surface area contributed by atoms with Gasteiger partial charge in [0.05, 0.1) is 25.6 Å². The molecule has 158 valence electrons. The SMILES string of the molecule is O=C(C[C@@H](CCN1CCOCC1)C(=O)O)OCC1c2ccccc2-c2ccccc21. The van der Waals surface area contributed by atoms with Gasteiger partial charge in [0.25, 0.3) is 0 Å². The van der Waals surface area contributed by atoms with E-state index in [1.807, 2.05) is 24.3 Å². The monoisotopic (exact) mass is 409 g/mol. The Morgan fingerprint density at radius 1 is 1.03 bits per heavy atom. The van der Waals surface area contributed by atoms with Gasteiger partial charge in [-0.05, 0) is 35.2 Å². The molecule has 1 atom stereocenters. The molecule has 0 unspecified atom stereocenters. The number of morpholine rings is 1. The minimum absolute atomic E-state index is 0.0158. The summed E-state index contributed by atoms with van der Waals surface area (Å²) in [7, 11) is 0. The van der Waals surface area contributed by atoms with Crippen molar-refractivity contribution < 1.29 is 24.2 Å². The summed E-state index contributed by atoms with van der Waals surface area (Å²) in [6.07, 6.45) is 0.329. The third-order valence-electron chi connectivity index (χ3n) is 6.03. The highest BCUT2D eigenvalue weighted by Gasteiger charge is 2.30. The van der Waals surface area contributed by atoms with E-state index in [2.05, 4.69) is 29.2 Å². The molecular weight excluding hydrogens is 382 g/mol. The molecular formula is C24H27NO5. The van der Waals surface area contributed by atoms with Crippen LogP contribution in [-0.4, -0.2) is 61.4 Å². The van der Waals surface area contributed by atoms with Crippen LogP contribution in [0.2, 0.25) is 0 Å². The average molecular weight is 409 g/mol. The highest BCUT2D eigenvalue weighted by atomic mass is 16.5. The average Bonchev–Trinajstić information content (AvgIpc) is 3.09. The van der Waals surface area contributed by atoms with E-state index in [1.165, 1.54) is 11.1 Å². The van der Waals surface area contributed by atoms with Crippen LogP contribution >= 0.6 is 0 Å². The molecule has 0 spiro atoms. The van der Waals surface area contributed by atoms with Crippen LogP contribution in [0.5, 0.6) is 0 Å². The fourth-order valence-electron chi connectivity index (χ4n) is 4.35. The minimum Gasteiger partial charge on any atom is -0.481 e. The largest absolute Gasteiger partial charge is 0.481 e. The molecule has 0 aromatic heterocycles. The van der Waals surface area contributed by atoms with Gasteiger partial charge >= 0.3 is 11.9 Å². The normalized spacial score (nSPS) is 17.2. The quantitative estimate of drug-likeness (QED) is 0.675. The predicted octanol–water partition coefficient (Wildman–Crippen LogP) is 3.16. The lowest BCUT2D eigenvalue weighted by Crippen LogP contribution is -2.38. The third kappa shape index (κ3) is 4.55. The Morgan fingerprint density at radius 3 is 2.23 bits per heavy atom. The van der Waals surface area contributed by atoms with E-state index in [9.17, 15) is 14.7 Å². The van der Waals surface area contributed by atoms with Gasteiger partial charge in [0, 0.05) is 19.0 Å². The number of rotatable bonds is 8. The van der Waals surface area contributed by atoms with Gasteiger partial charge in [-0.25, -0.2) is 0 Å².